The van der Waals surface area contributed by atoms with E-state index in [0.29, 0.717) is 42.9 Å². The van der Waals surface area contributed by atoms with E-state index in [9.17, 15) is 21.6 Å². The van der Waals surface area contributed by atoms with Crippen LogP contribution >= 0.6 is 0 Å². The van der Waals surface area contributed by atoms with E-state index in [1.54, 1.807) is 45.6 Å². The number of benzene rings is 2. The molecule has 2 aliphatic rings. The minimum absolute atomic E-state index is 0.0723. The van der Waals surface area contributed by atoms with Gasteiger partial charge in [-0.25, -0.2) is 25.4 Å². The predicted octanol–water partition coefficient (Wildman–Crippen LogP) is 2.46. The normalized spacial score (nSPS) is 17.4. The first-order valence-electron chi connectivity index (χ1n) is 11.0. The van der Waals surface area contributed by atoms with Crippen molar-refractivity contribution in [1.29, 1.82) is 0 Å². The van der Waals surface area contributed by atoms with Gasteiger partial charge in [-0.3, -0.25) is 4.79 Å². The third kappa shape index (κ3) is 4.84. The Hall–Kier alpha value is -2.27. The maximum Gasteiger partial charge on any atom is 0.258 e. The first-order valence-corrected chi connectivity index (χ1v) is 14.1. The maximum atomic E-state index is 13.1. The fourth-order valence-corrected chi connectivity index (χ4v) is 6.87. The van der Waals surface area contributed by atoms with Gasteiger partial charge in [-0.1, -0.05) is 18.6 Å². The van der Waals surface area contributed by atoms with Crippen LogP contribution in [0.25, 0.3) is 0 Å². The summed E-state index contributed by atoms with van der Waals surface area (Å²) in [5, 5.41) is 0. The van der Waals surface area contributed by atoms with Crippen LogP contribution < -0.4 is 4.90 Å². The van der Waals surface area contributed by atoms with E-state index in [0.717, 1.165) is 24.8 Å². The lowest BCUT2D eigenvalue weighted by Crippen LogP contribution is -2.36. The van der Waals surface area contributed by atoms with Gasteiger partial charge in [0.1, 0.15) is 0 Å². The summed E-state index contributed by atoms with van der Waals surface area (Å²) in [5.74, 6) is -0.264. The smallest absolute Gasteiger partial charge is 0.258 e. The van der Waals surface area contributed by atoms with Crippen molar-refractivity contribution in [2.24, 2.45) is 0 Å². The first kappa shape index (κ1) is 23.9. The Kier molecular flexibility index (Phi) is 6.63. The summed E-state index contributed by atoms with van der Waals surface area (Å²) in [4.78, 5) is 15.0. The number of fused-ring (bicyclic) bond motifs is 1. The van der Waals surface area contributed by atoms with Crippen LogP contribution in [0, 0.1) is 0 Å². The lowest BCUT2D eigenvalue weighted by atomic mass is 10.1. The third-order valence-corrected chi connectivity index (χ3v) is 9.89. The summed E-state index contributed by atoms with van der Waals surface area (Å²) in [6.07, 6.45) is 3.43. The Balaban J connectivity index is 1.49. The molecule has 0 aliphatic carbocycles. The van der Waals surface area contributed by atoms with E-state index in [2.05, 4.69) is 0 Å². The number of hydrogen-bond acceptors (Lipinski definition) is 5. The second kappa shape index (κ2) is 9.17. The van der Waals surface area contributed by atoms with Crippen molar-refractivity contribution in [3.63, 3.8) is 0 Å². The van der Waals surface area contributed by atoms with E-state index in [1.165, 1.54) is 24.5 Å². The number of sulfonamides is 2. The number of amides is 1. The van der Waals surface area contributed by atoms with Gasteiger partial charge in [0, 0.05) is 45.0 Å². The lowest BCUT2D eigenvalue weighted by molar-refractivity contribution is 0.0989. The first-order chi connectivity index (χ1) is 15.6. The molecule has 1 fully saturated rings. The van der Waals surface area contributed by atoms with Gasteiger partial charge in [0.25, 0.3) is 5.91 Å². The number of piperidine rings is 1. The van der Waals surface area contributed by atoms with Gasteiger partial charge in [0.2, 0.25) is 20.0 Å². The maximum absolute atomic E-state index is 13.1. The molecule has 1 saturated heterocycles. The molecule has 178 valence electrons. The van der Waals surface area contributed by atoms with E-state index in [4.69, 9.17) is 0 Å². The lowest BCUT2D eigenvalue weighted by Gasteiger charge is -2.25. The van der Waals surface area contributed by atoms with E-state index in [1.807, 2.05) is 0 Å². The largest absolute Gasteiger partial charge is 0.308 e. The average Bonchev–Trinajstić information content (AvgIpc) is 3.22. The number of carbonyl (C=O) groups excluding carboxylic acids is 1. The van der Waals surface area contributed by atoms with Gasteiger partial charge in [0.15, 0.2) is 0 Å². The van der Waals surface area contributed by atoms with E-state index in [-0.39, 0.29) is 16.6 Å². The summed E-state index contributed by atoms with van der Waals surface area (Å²) in [6, 6.07) is 11.5. The minimum atomic E-state index is -3.54. The van der Waals surface area contributed by atoms with Crippen molar-refractivity contribution in [3.8, 4) is 0 Å². The van der Waals surface area contributed by atoms with Crippen molar-refractivity contribution in [2.75, 3.05) is 38.6 Å². The van der Waals surface area contributed by atoms with Crippen molar-refractivity contribution in [3.05, 3.63) is 59.2 Å². The number of rotatable bonds is 6. The highest BCUT2D eigenvalue weighted by atomic mass is 32.2. The zero-order chi connectivity index (χ0) is 23.8. The van der Waals surface area contributed by atoms with Gasteiger partial charge >= 0.3 is 0 Å². The van der Waals surface area contributed by atoms with Crippen molar-refractivity contribution in [2.45, 2.75) is 36.3 Å². The number of nitrogens with zero attached hydrogens (tertiary/aromatic N) is 3. The van der Waals surface area contributed by atoms with Gasteiger partial charge in [0.05, 0.1) is 10.6 Å². The van der Waals surface area contributed by atoms with Crippen LogP contribution in [0.15, 0.2) is 47.4 Å². The second-order valence-electron chi connectivity index (χ2n) is 8.70. The molecule has 1 amide bonds. The van der Waals surface area contributed by atoms with Crippen LogP contribution in [0.4, 0.5) is 5.69 Å². The monoisotopic (exact) mass is 491 g/mol. The fourth-order valence-electron chi connectivity index (χ4n) is 4.30. The molecular weight excluding hydrogens is 462 g/mol. The van der Waals surface area contributed by atoms with Crippen molar-refractivity contribution >= 4 is 31.6 Å². The summed E-state index contributed by atoms with van der Waals surface area (Å²) in [5.41, 5.74) is 2.63. The Morgan fingerprint density at radius 1 is 0.909 bits per heavy atom. The molecule has 2 aromatic carbocycles. The van der Waals surface area contributed by atoms with E-state index >= 15 is 0 Å². The predicted molar refractivity (Wildman–Crippen MR) is 127 cm³/mol. The quantitative estimate of drug-likeness (QED) is 0.619. The molecule has 2 aliphatic heterocycles. The van der Waals surface area contributed by atoms with E-state index < -0.39 is 20.0 Å². The minimum Gasteiger partial charge on any atom is -0.308 e. The molecule has 0 unspecified atom stereocenters. The van der Waals surface area contributed by atoms with Crippen molar-refractivity contribution < 1.29 is 21.6 Å². The SMILES string of the molecule is CN(C)S(=O)(=O)c1ccc2c(c1)CCN2C(=O)c1ccc(CS(=O)(=O)N2CCCCC2)cc1. The molecule has 0 radical (unpaired) electrons. The molecule has 10 heteroatoms. The molecule has 33 heavy (non-hydrogen) atoms. The topological polar surface area (TPSA) is 95.1 Å². The van der Waals surface area contributed by atoms with Gasteiger partial charge in [-0.05, 0) is 60.7 Å². The third-order valence-electron chi connectivity index (χ3n) is 6.23. The summed E-state index contributed by atoms with van der Waals surface area (Å²) in [7, 11) is -3.93. The van der Waals surface area contributed by atoms with Gasteiger partial charge < -0.3 is 4.90 Å². The summed E-state index contributed by atoms with van der Waals surface area (Å²) < 4.78 is 52.9. The number of hydrogen-bond donors (Lipinski definition) is 0. The van der Waals surface area contributed by atoms with Crippen LogP contribution in [-0.2, 0) is 32.2 Å². The molecule has 4 rings (SSSR count). The molecule has 8 nitrogen and oxygen atoms in total. The van der Waals surface area contributed by atoms with Crippen LogP contribution in [0.3, 0.4) is 0 Å². The standard InChI is InChI=1S/C23H29N3O5S2/c1-24(2)33(30,31)21-10-11-22-20(16-21)12-15-26(22)23(27)19-8-6-18(7-9-19)17-32(28,29)25-13-4-3-5-14-25/h6-11,16H,3-5,12-15,17H2,1-2H3. The molecule has 0 spiro atoms. The highest BCUT2D eigenvalue weighted by molar-refractivity contribution is 7.89. The highest BCUT2D eigenvalue weighted by Gasteiger charge is 2.28. The highest BCUT2D eigenvalue weighted by Crippen LogP contribution is 2.32. The van der Waals surface area contributed by atoms with Crippen LogP contribution in [0.5, 0.6) is 0 Å². The zero-order valence-corrected chi connectivity index (χ0v) is 20.5. The summed E-state index contributed by atoms with van der Waals surface area (Å²) >= 11 is 0. The van der Waals surface area contributed by atoms with Crippen LogP contribution in [0.1, 0.15) is 40.7 Å². The Bertz CT molecular complexity index is 1250. The zero-order valence-electron chi connectivity index (χ0n) is 18.9. The summed E-state index contributed by atoms with van der Waals surface area (Å²) in [6.45, 7) is 1.61. The van der Waals surface area contributed by atoms with Crippen LogP contribution in [0.2, 0.25) is 0 Å². The van der Waals surface area contributed by atoms with Crippen LogP contribution in [-0.4, -0.2) is 65.1 Å². The number of anilines is 1. The molecule has 0 atom stereocenters. The second-order valence-corrected chi connectivity index (χ2v) is 12.8. The fraction of sp³-hybridized carbons (Fsp3) is 0.435. The molecule has 0 N–H and O–H groups in total. The molecule has 0 aromatic heterocycles. The Morgan fingerprint density at radius 3 is 2.21 bits per heavy atom. The van der Waals surface area contributed by atoms with Crippen molar-refractivity contribution in [1.82, 2.24) is 8.61 Å². The average molecular weight is 492 g/mol. The molecule has 0 bridgehead atoms. The molecular formula is C23H29N3O5S2. The Labute approximate surface area is 195 Å². The van der Waals surface area contributed by atoms with Gasteiger partial charge in [-0.2, -0.15) is 0 Å². The molecule has 2 heterocycles. The number of carbonyl (C=O) groups is 1. The molecule has 2 aromatic rings. The van der Waals surface area contributed by atoms with Gasteiger partial charge in [-0.15, -0.1) is 0 Å². The molecule has 0 saturated carbocycles. The Morgan fingerprint density at radius 2 is 1.58 bits per heavy atom.